The summed E-state index contributed by atoms with van der Waals surface area (Å²) < 4.78 is 0. The number of H-pyrrole nitrogens is 1. The Balaban J connectivity index is 2.14. The van der Waals surface area contributed by atoms with Crippen molar-refractivity contribution in [2.24, 2.45) is 11.1 Å². The topological polar surface area (TPSA) is 61.3 Å². The first-order valence-electron chi connectivity index (χ1n) is 7.08. The zero-order chi connectivity index (χ0) is 13.8. The average Bonchev–Trinajstić information content (AvgIpc) is 2.81. The van der Waals surface area contributed by atoms with Crippen LogP contribution in [-0.4, -0.2) is 32.1 Å². The van der Waals surface area contributed by atoms with E-state index in [9.17, 15) is 5.21 Å². The summed E-state index contributed by atoms with van der Waals surface area (Å²) in [5.41, 5.74) is 4.05. The maximum Gasteiger partial charge on any atom is 0.0907 e. The molecule has 2 unspecified atom stereocenters. The molecule has 0 fully saturated rings. The fourth-order valence-electron chi connectivity index (χ4n) is 2.98. The molecule has 2 atom stereocenters. The van der Waals surface area contributed by atoms with Gasteiger partial charge in [0.1, 0.15) is 0 Å². The number of rotatable bonds is 5. The fourth-order valence-corrected chi connectivity index (χ4v) is 3.96. The highest BCUT2D eigenvalue weighted by Crippen LogP contribution is 2.32. The Kier molecular flexibility index (Phi) is 4.91. The van der Waals surface area contributed by atoms with E-state index < -0.39 is 0 Å². The lowest BCUT2D eigenvalue weighted by Gasteiger charge is -2.25. The minimum atomic E-state index is 0.553. The van der Waals surface area contributed by atoms with E-state index in [4.69, 9.17) is 0 Å². The molecule has 2 N–H and O–H groups in total. The van der Waals surface area contributed by atoms with Crippen molar-refractivity contribution in [3.63, 3.8) is 0 Å². The molecule has 1 aromatic rings. The van der Waals surface area contributed by atoms with Gasteiger partial charge in [-0.1, -0.05) is 25.9 Å². The van der Waals surface area contributed by atoms with Gasteiger partial charge in [-0.15, -0.1) is 0 Å². The van der Waals surface area contributed by atoms with E-state index in [0.29, 0.717) is 11.2 Å². The van der Waals surface area contributed by atoms with Crippen LogP contribution in [0.15, 0.2) is 5.16 Å². The standard InChI is InChI=1S/C14H23N3OS/c1-4-11-14-12(16-15-11)7-10(8-13(14)17-18)6-9(3)19-5-2/h9-10,18H,4-8H2,1-3H3,(H,15,16)/b17-13-. The first kappa shape index (κ1) is 14.4. The Labute approximate surface area is 119 Å². The van der Waals surface area contributed by atoms with Gasteiger partial charge in [0, 0.05) is 16.5 Å². The minimum Gasteiger partial charge on any atom is -0.411 e. The van der Waals surface area contributed by atoms with Crippen LogP contribution in [0.25, 0.3) is 0 Å². The van der Waals surface area contributed by atoms with Gasteiger partial charge in [0.25, 0.3) is 0 Å². The maximum atomic E-state index is 9.27. The lowest BCUT2D eigenvalue weighted by Crippen LogP contribution is -2.23. The van der Waals surface area contributed by atoms with Gasteiger partial charge in [0.05, 0.1) is 11.4 Å². The van der Waals surface area contributed by atoms with Gasteiger partial charge in [0.2, 0.25) is 0 Å². The quantitative estimate of drug-likeness (QED) is 0.643. The van der Waals surface area contributed by atoms with Crippen LogP contribution in [0.4, 0.5) is 0 Å². The van der Waals surface area contributed by atoms with Gasteiger partial charge in [-0.2, -0.15) is 16.9 Å². The summed E-state index contributed by atoms with van der Waals surface area (Å²) in [5.74, 6) is 1.71. The number of oxime groups is 1. The largest absolute Gasteiger partial charge is 0.411 e. The minimum absolute atomic E-state index is 0.553. The molecule has 0 amide bonds. The molecule has 1 aliphatic carbocycles. The van der Waals surface area contributed by atoms with Crippen LogP contribution in [0, 0.1) is 5.92 Å². The second-order valence-electron chi connectivity index (χ2n) is 5.20. The number of thioether (sulfide) groups is 1. The highest BCUT2D eigenvalue weighted by molar-refractivity contribution is 7.99. The van der Waals surface area contributed by atoms with E-state index in [1.54, 1.807) is 0 Å². The molecule has 1 aliphatic rings. The number of fused-ring (bicyclic) bond motifs is 1. The summed E-state index contributed by atoms with van der Waals surface area (Å²) >= 11 is 2.00. The van der Waals surface area contributed by atoms with Crippen LogP contribution < -0.4 is 0 Å². The number of hydrogen-bond donors (Lipinski definition) is 2. The molecule has 1 aromatic heterocycles. The maximum absolute atomic E-state index is 9.27. The number of nitrogens with one attached hydrogen (secondary N) is 1. The second-order valence-corrected chi connectivity index (χ2v) is 6.92. The third kappa shape index (κ3) is 3.14. The molecule has 0 radical (unpaired) electrons. The van der Waals surface area contributed by atoms with E-state index in [0.717, 1.165) is 54.1 Å². The van der Waals surface area contributed by atoms with Gasteiger partial charge in [-0.25, -0.2) is 0 Å². The molecule has 5 heteroatoms. The van der Waals surface area contributed by atoms with E-state index in [2.05, 4.69) is 36.1 Å². The predicted molar refractivity (Wildman–Crippen MR) is 80.3 cm³/mol. The van der Waals surface area contributed by atoms with Crippen molar-refractivity contribution >= 4 is 17.5 Å². The van der Waals surface area contributed by atoms with Gasteiger partial charge in [-0.3, -0.25) is 5.10 Å². The van der Waals surface area contributed by atoms with E-state index in [1.807, 2.05) is 11.8 Å². The van der Waals surface area contributed by atoms with Crippen molar-refractivity contribution < 1.29 is 5.21 Å². The van der Waals surface area contributed by atoms with Crippen LogP contribution in [0.5, 0.6) is 0 Å². The zero-order valence-electron chi connectivity index (χ0n) is 11.9. The van der Waals surface area contributed by atoms with Gasteiger partial charge < -0.3 is 5.21 Å². The number of aromatic nitrogens is 2. The summed E-state index contributed by atoms with van der Waals surface area (Å²) in [5, 5.41) is 20.9. The Morgan fingerprint density at radius 1 is 1.47 bits per heavy atom. The van der Waals surface area contributed by atoms with Crippen molar-refractivity contribution in [1.82, 2.24) is 10.2 Å². The Bertz CT molecular complexity index is 456. The van der Waals surface area contributed by atoms with Gasteiger partial charge in [-0.05, 0) is 37.4 Å². The van der Waals surface area contributed by atoms with Crippen molar-refractivity contribution in [2.45, 2.75) is 51.7 Å². The van der Waals surface area contributed by atoms with Crippen molar-refractivity contribution in [3.05, 3.63) is 17.0 Å². The summed E-state index contributed by atoms with van der Waals surface area (Å²) in [4.78, 5) is 0. The van der Waals surface area contributed by atoms with Crippen molar-refractivity contribution in [1.29, 1.82) is 0 Å². The first-order chi connectivity index (χ1) is 9.19. The lowest BCUT2D eigenvalue weighted by atomic mass is 9.82. The van der Waals surface area contributed by atoms with Crippen LogP contribution in [0.1, 0.15) is 50.6 Å². The Morgan fingerprint density at radius 3 is 2.89 bits per heavy atom. The summed E-state index contributed by atoms with van der Waals surface area (Å²) in [6.07, 6.45) is 3.93. The molecule has 0 bridgehead atoms. The second kappa shape index (κ2) is 6.46. The summed E-state index contributed by atoms with van der Waals surface area (Å²) in [6, 6.07) is 0. The molecule has 106 valence electrons. The number of nitrogens with zero attached hydrogens (tertiary/aromatic N) is 2. The van der Waals surface area contributed by atoms with E-state index in [-0.39, 0.29) is 0 Å². The Morgan fingerprint density at radius 2 is 2.26 bits per heavy atom. The van der Waals surface area contributed by atoms with Crippen LogP contribution in [-0.2, 0) is 12.8 Å². The zero-order valence-corrected chi connectivity index (χ0v) is 12.8. The Hall–Kier alpha value is -0.970. The molecule has 0 aliphatic heterocycles. The molecule has 0 saturated heterocycles. The molecule has 2 rings (SSSR count). The highest BCUT2D eigenvalue weighted by atomic mass is 32.2. The third-order valence-corrected chi connectivity index (χ3v) is 4.85. The van der Waals surface area contributed by atoms with Crippen LogP contribution in [0.3, 0.4) is 0 Å². The number of hydrogen-bond acceptors (Lipinski definition) is 4. The van der Waals surface area contributed by atoms with Gasteiger partial charge >= 0.3 is 0 Å². The smallest absolute Gasteiger partial charge is 0.0907 e. The normalized spacial score (nSPS) is 22.5. The summed E-state index contributed by atoms with van der Waals surface area (Å²) in [7, 11) is 0. The van der Waals surface area contributed by atoms with Crippen LogP contribution in [0.2, 0.25) is 0 Å². The van der Waals surface area contributed by atoms with Gasteiger partial charge in [0.15, 0.2) is 0 Å². The molecule has 0 aromatic carbocycles. The number of aromatic amines is 1. The average molecular weight is 281 g/mol. The molecular weight excluding hydrogens is 258 g/mol. The SMILES string of the molecule is CCSC(C)CC1C/C(=N/O)c2c(CC)n[nH]c2C1. The van der Waals surface area contributed by atoms with E-state index >= 15 is 0 Å². The molecular formula is C14H23N3OS. The van der Waals surface area contributed by atoms with E-state index in [1.165, 1.54) is 0 Å². The molecule has 19 heavy (non-hydrogen) atoms. The van der Waals surface area contributed by atoms with Crippen molar-refractivity contribution in [2.75, 3.05) is 5.75 Å². The lowest BCUT2D eigenvalue weighted by molar-refractivity contribution is 0.314. The molecule has 0 saturated carbocycles. The monoisotopic (exact) mass is 281 g/mol. The molecule has 4 nitrogen and oxygen atoms in total. The van der Waals surface area contributed by atoms with Crippen LogP contribution >= 0.6 is 11.8 Å². The first-order valence-corrected chi connectivity index (χ1v) is 8.13. The summed E-state index contributed by atoms with van der Waals surface area (Å²) in [6.45, 7) is 6.56. The number of aryl methyl sites for hydroxylation is 1. The third-order valence-electron chi connectivity index (χ3n) is 3.75. The fraction of sp³-hybridized carbons (Fsp3) is 0.714. The molecule has 1 heterocycles. The van der Waals surface area contributed by atoms with Crippen molar-refractivity contribution in [3.8, 4) is 0 Å². The predicted octanol–water partition coefficient (Wildman–Crippen LogP) is 3.24. The highest BCUT2D eigenvalue weighted by Gasteiger charge is 2.29. The molecule has 0 spiro atoms.